The van der Waals surface area contributed by atoms with Crippen LogP contribution in [0.2, 0.25) is 0 Å². The number of rotatable bonds is 8. The number of carbonyl (C=O) groups is 2. The second-order valence-electron chi connectivity index (χ2n) is 5.78. The Hall–Kier alpha value is -1.14. The largest absolute Gasteiger partial charge is 0.374 e. The van der Waals surface area contributed by atoms with Crippen LogP contribution in [0.3, 0.4) is 0 Å². The van der Waals surface area contributed by atoms with Gasteiger partial charge in [0.25, 0.3) is 0 Å². The van der Waals surface area contributed by atoms with Crippen LogP contribution in [0.15, 0.2) is 0 Å². The molecule has 6 nitrogen and oxygen atoms in total. The maximum Gasteiger partial charge on any atom is 0.236 e. The fourth-order valence-electron chi connectivity index (χ4n) is 1.14. The zero-order valence-corrected chi connectivity index (χ0v) is 13.7. The highest BCUT2D eigenvalue weighted by Crippen LogP contribution is 2.18. The minimum absolute atomic E-state index is 0.129. The van der Waals surface area contributed by atoms with E-state index in [-0.39, 0.29) is 18.9 Å². The summed E-state index contributed by atoms with van der Waals surface area (Å²) in [5, 5.41) is 2.43. The SMILES string of the molecule is CC.CC(C)(N)COC(C)(C)CCC(=O)NCC(N)=O. The number of primary amides is 1. The Balaban J connectivity index is 0. The lowest BCUT2D eigenvalue weighted by Gasteiger charge is -2.29. The first-order chi connectivity index (χ1) is 9.02. The molecule has 0 heterocycles. The zero-order valence-electron chi connectivity index (χ0n) is 13.7. The number of nitrogens with one attached hydrogen (secondary N) is 1. The first kappa shape index (κ1) is 21.2. The molecular formula is C14H31N3O3. The summed E-state index contributed by atoms with van der Waals surface area (Å²) in [6.45, 7) is 11.9. The molecule has 2 amide bonds. The van der Waals surface area contributed by atoms with Crippen LogP contribution in [0.5, 0.6) is 0 Å². The Morgan fingerprint density at radius 1 is 1.15 bits per heavy atom. The summed E-state index contributed by atoms with van der Waals surface area (Å²) in [5.74, 6) is -0.763. The second-order valence-corrected chi connectivity index (χ2v) is 5.78. The molecule has 5 N–H and O–H groups in total. The highest BCUT2D eigenvalue weighted by atomic mass is 16.5. The van der Waals surface area contributed by atoms with Crippen molar-refractivity contribution in [2.24, 2.45) is 11.5 Å². The van der Waals surface area contributed by atoms with Gasteiger partial charge < -0.3 is 21.5 Å². The van der Waals surface area contributed by atoms with E-state index in [1.54, 1.807) is 0 Å². The van der Waals surface area contributed by atoms with Crippen LogP contribution in [0, 0.1) is 0 Å². The minimum atomic E-state index is -0.552. The average Bonchev–Trinajstić information content (AvgIpc) is 2.33. The third-order valence-corrected chi connectivity index (χ3v) is 2.25. The van der Waals surface area contributed by atoms with Gasteiger partial charge in [-0.2, -0.15) is 0 Å². The first-order valence-electron chi connectivity index (χ1n) is 7.00. The number of amides is 2. The first-order valence-corrected chi connectivity index (χ1v) is 7.00. The topological polar surface area (TPSA) is 107 Å². The fraction of sp³-hybridized carbons (Fsp3) is 0.857. The maximum absolute atomic E-state index is 11.4. The molecule has 0 spiro atoms. The van der Waals surface area contributed by atoms with Gasteiger partial charge in [0.15, 0.2) is 0 Å². The van der Waals surface area contributed by atoms with E-state index in [2.05, 4.69) is 5.32 Å². The quantitative estimate of drug-likeness (QED) is 0.617. The Labute approximate surface area is 122 Å². The monoisotopic (exact) mass is 289 g/mol. The Kier molecular flexibility index (Phi) is 10.3. The smallest absolute Gasteiger partial charge is 0.236 e. The molecule has 0 atom stereocenters. The van der Waals surface area contributed by atoms with E-state index < -0.39 is 17.0 Å². The molecule has 6 heteroatoms. The van der Waals surface area contributed by atoms with Crippen molar-refractivity contribution in [2.75, 3.05) is 13.2 Å². The van der Waals surface area contributed by atoms with E-state index in [9.17, 15) is 9.59 Å². The summed E-state index contributed by atoms with van der Waals surface area (Å²) < 4.78 is 5.67. The molecule has 20 heavy (non-hydrogen) atoms. The summed E-state index contributed by atoms with van der Waals surface area (Å²) in [4.78, 5) is 21.9. The zero-order chi connectivity index (χ0) is 16.4. The molecule has 0 saturated heterocycles. The van der Waals surface area contributed by atoms with Crippen molar-refractivity contribution >= 4 is 11.8 Å². The lowest BCUT2D eigenvalue weighted by atomic mass is 10.0. The number of hydrogen-bond donors (Lipinski definition) is 3. The molecule has 0 unspecified atom stereocenters. The van der Waals surface area contributed by atoms with Gasteiger partial charge in [0.2, 0.25) is 11.8 Å². The average molecular weight is 289 g/mol. The van der Waals surface area contributed by atoms with Crippen LogP contribution in [0.4, 0.5) is 0 Å². The van der Waals surface area contributed by atoms with E-state index in [1.807, 2.05) is 41.5 Å². The van der Waals surface area contributed by atoms with Gasteiger partial charge in [-0.3, -0.25) is 9.59 Å². The van der Waals surface area contributed by atoms with Crippen LogP contribution in [0.1, 0.15) is 54.4 Å². The molecule has 0 aromatic rings. The molecule has 0 fully saturated rings. The second kappa shape index (κ2) is 9.72. The van der Waals surface area contributed by atoms with Crippen molar-refractivity contribution in [1.82, 2.24) is 5.32 Å². The van der Waals surface area contributed by atoms with Crippen LogP contribution < -0.4 is 16.8 Å². The number of nitrogens with two attached hydrogens (primary N) is 2. The standard InChI is InChI=1S/C12H25N3O3.C2H6/c1-11(2,14)8-18-12(3,4)6-5-10(17)15-7-9(13)16;1-2/h5-8,14H2,1-4H3,(H2,13,16)(H,15,17);1-2H3. The number of ether oxygens (including phenoxy) is 1. The Morgan fingerprint density at radius 2 is 1.65 bits per heavy atom. The van der Waals surface area contributed by atoms with Gasteiger partial charge >= 0.3 is 0 Å². The summed E-state index contributed by atoms with van der Waals surface area (Å²) in [5.41, 5.74) is 9.92. The third-order valence-electron chi connectivity index (χ3n) is 2.25. The molecule has 120 valence electrons. The predicted molar refractivity (Wildman–Crippen MR) is 81.1 cm³/mol. The van der Waals surface area contributed by atoms with Crippen LogP contribution >= 0.6 is 0 Å². The molecule has 0 radical (unpaired) electrons. The van der Waals surface area contributed by atoms with Crippen molar-refractivity contribution in [2.45, 2.75) is 65.5 Å². The summed E-state index contributed by atoms with van der Waals surface area (Å²) in [6, 6.07) is 0. The van der Waals surface area contributed by atoms with Gasteiger partial charge in [-0.05, 0) is 34.1 Å². The van der Waals surface area contributed by atoms with Gasteiger partial charge in [0.1, 0.15) is 0 Å². The van der Waals surface area contributed by atoms with E-state index in [1.165, 1.54) is 0 Å². The van der Waals surface area contributed by atoms with Crippen molar-refractivity contribution in [3.05, 3.63) is 0 Å². The third kappa shape index (κ3) is 14.9. The lowest BCUT2D eigenvalue weighted by Crippen LogP contribution is -2.41. The predicted octanol–water partition coefficient (Wildman–Crippen LogP) is 0.927. The van der Waals surface area contributed by atoms with Gasteiger partial charge in [-0.15, -0.1) is 0 Å². The van der Waals surface area contributed by atoms with Gasteiger partial charge in [-0.1, -0.05) is 13.8 Å². The Morgan fingerprint density at radius 3 is 2.05 bits per heavy atom. The van der Waals surface area contributed by atoms with Crippen molar-refractivity contribution in [3.8, 4) is 0 Å². The van der Waals surface area contributed by atoms with Crippen molar-refractivity contribution in [1.29, 1.82) is 0 Å². The molecule has 0 aliphatic heterocycles. The molecule has 0 aliphatic rings. The van der Waals surface area contributed by atoms with Gasteiger partial charge in [-0.25, -0.2) is 0 Å². The molecule has 0 aliphatic carbocycles. The van der Waals surface area contributed by atoms with Crippen molar-refractivity contribution in [3.63, 3.8) is 0 Å². The molecule has 0 aromatic heterocycles. The lowest BCUT2D eigenvalue weighted by molar-refractivity contribution is -0.126. The molecule has 0 bridgehead atoms. The van der Waals surface area contributed by atoms with E-state index in [0.717, 1.165) is 0 Å². The highest BCUT2D eigenvalue weighted by molar-refractivity contribution is 5.83. The van der Waals surface area contributed by atoms with Crippen molar-refractivity contribution < 1.29 is 14.3 Å². The van der Waals surface area contributed by atoms with E-state index in [4.69, 9.17) is 16.2 Å². The maximum atomic E-state index is 11.4. The van der Waals surface area contributed by atoms with E-state index >= 15 is 0 Å². The highest BCUT2D eigenvalue weighted by Gasteiger charge is 2.23. The van der Waals surface area contributed by atoms with Gasteiger partial charge in [0, 0.05) is 12.0 Å². The van der Waals surface area contributed by atoms with Gasteiger partial charge in [0.05, 0.1) is 18.8 Å². The summed E-state index contributed by atoms with van der Waals surface area (Å²) >= 11 is 0. The fourth-order valence-corrected chi connectivity index (χ4v) is 1.14. The number of hydrogen-bond acceptors (Lipinski definition) is 4. The normalized spacial score (nSPS) is 11.3. The van der Waals surface area contributed by atoms with Crippen LogP contribution in [-0.4, -0.2) is 36.1 Å². The van der Waals surface area contributed by atoms with Crippen LogP contribution in [0.25, 0.3) is 0 Å². The molecule has 0 rings (SSSR count). The summed E-state index contributed by atoms with van der Waals surface area (Å²) in [7, 11) is 0. The Bertz CT molecular complexity index is 297. The summed E-state index contributed by atoms with van der Waals surface area (Å²) in [6.07, 6.45) is 0.832. The van der Waals surface area contributed by atoms with E-state index in [0.29, 0.717) is 13.0 Å². The van der Waals surface area contributed by atoms with Crippen LogP contribution in [-0.2, 0) is 14.3 Å². The minimum Gasteiger partial charge on any atom is -0.374 e. The molecule has 0 aromatic carbocycles. The number of carbonyl (C=O) groups excluding carboxylic acids is 2. The molecular weight excluding hydrogens is 258 g/mol. The molecule has 0 saturated carbocycles.